The summed E-state index contributed by atoms with van der Waals surface area (Å²) >= 11 is 1.61. The van der Waals surface area contributed by atoms with Gasteiger partial charge in [0.05, 0.1) is 5.39 Å². The number of imidazole rings is 1. The minimum absolute atomic E-state index is 0.666. The van der Waals surface area contributed by atoms with E-state index in [4.69, 9.17) is 0 Å². The van der Waals surface area contributed by atoms with E-state index in [-0.39, 0.29) is 0 Å². The molecule has 4 aromatic rings. The average Bonchev–Trinajstić information content (AvgIpc) is 3.24. The summed E-state index contributed by atoms with van der Waals surface area (Å²) < 4.78 is 1.87. The Morgan fingerprint density at radius 1 is 1.14 bits per heavy atom. The van der Waals surface area contributed by atoms with Gasteiger partial charge in [-0.25, -0.2) is 19.9 Å². The van der Waals surface area contributed by atoms with Crippen molar-refractivity contribution in [2.24, 2.45) is 0 Å². The van der Waals surface area contributed by atoms with E-state index in [1.54, 1.807) is 30.2 Å². The summed E-state index contributed by atoms with van der Waals surface area (Å²) in [4.78, 5) is 18.0. The maximum Gasteiger partial charge on any atom is 0.138 e. The second-order valence-corrected chi connectivity index (χ2v) is 5.60. The van der Waals surface area contributed by atoms with E-state index in [0.29, 0.717) is 6.54 Å². The summed E-state index contributed by atoms with van der Waals surface area (Å²) in [5, 5.41) is 6.41. The van der Waals surface area contributed by atoms with Crippen LogP contribution < -0.4 is 5.32 Å². The van der Waals surface area contributed by atoms with E-state index in [1.165, 1.54) is 0 Å². The molecule has 0 amide bonds. The Kier molecular flexibility index (Phi) is 3.24. The van der Waals surface area contributed by atoms with Crippen LogP contribution in [0.2, 0.25) is 0 Å². The number of pyridine rings is 1. The van der Waals surface area contributed by atoms with Gasteiger partial charge < -0.3 is 5.32 Å². The molecule has 0 unspecified atom stereocenters. The Hall–Kier alpha value is -2.80. The maximum atomic E-state index is 4.44. The molecule has 0 aromatic carbocycles. The zero-order valence-corrected chi connectivity index (χ0v) is 12.4. The Balaban J connectivity index is 1.51. The third-order valence-electron chi connectivity index (χ3n) is 3.30. The second-order valence-electron chi connectivity index (χ2n) is 4.71. The molecule has 6 nitrogen and oxygen atoms in total. The van der Waals surface area contributed by atoms with Crippen molar-refractivity contribution in [3.8, 4) is 5.82 Å². The van der Waals surface area contributed by atoms with Crippen molar-refractivity contribution in [3.05, 3.63) is 60.4 Å². The first-order chi connectivity index (χ1) is 10.9. The minimum Gasteiger partial charge on any atom is -0.365 e. The van der Waals surface area contributed by atoms with Gasteiger partial charge in [0.1, 0.15) is 29.1 Å². The molecule has 4 rings (SSSR count). The summed E-state index contributed by atoms with van der Waals surface area (Å²) in [6.45, 7) is 0.666. The minimum atomic E-state index is 0.666. The summed E-state index contributed by atoms with van der Waals surface area (Å²) in [6, 6.07) is 6.04. The number of rotatable bonds is 4. The monoisotopic (exact) mass is 308 g/mol. The molecule has 0 fully saturated rings. The normalized spacial score (nSPS) is 10.9. The lowest BCUT2D eigenvalue weighted by Crippen LogP contribution is -2.03. The zero-order valence-electron chi connectivity index (χ0n) is 11.5. The predicted molar refractivity (Wildman–Crippen MR) is 86.1 cm³/mol. The molecule has 0 saturated carbocycles. The van der Waals surface area contributed by atoms with Crippen LogP contribution in [0.1, 0.15) is 5.56 Å². The van der Waals surface area contributed by atoms with Crippen molar-refractivity contribution >= 4 is 27.4 Å². The van der Waals surface area contributed by atoms with Gasteiger partial charge >= 0.3 is 0 Å². The van der Waals surface area contributed by atoms with Gasteiger partial charge in [0, 0.05) is 25.1 Å². The predicted octanol–water partition coefficient (Wildman–Crippen LogP) is 2.88. The van der Waals surface area contributed by atoms with Crippen LogP contribution in [0.3, 0.4) is 0 Å². The van der Waals surface area contributed by atoms with Crippen molar-refractivity contribution in [1.29, 1.82) is 0 Å². The van der Waals surface area contributed by atoms with Gasteiger partial charge in [0.15, 0.2) is 0 Å². The second kappa shape index (κ2) is 5.53. The quantitative estimate of drug-likeness (QED) is 0.628. The molecule has 22 heavy (non-hydrogen) atoms. The number of anilines is 1. The van der Waals surface area contributed by atoms with Crippen molar-refractivity contribution < 1.29 is 0 Å². The lowest BCUT2D eigenvalue weighted by atomic mass is 10.2. The number of hydrogen-bond donors (Lipinski definition) is 1. The van der Waals surface area contributed by atoms with Crippen LogP contribution in [-0.4, -0.2) is 24.5 Å². The standard InChI is InChI=1S/C15H12N6S/c1-2-13(21-5-4-16-10-21)17-7-11(1)8-18-14-12-3-6-22-15(12)20-9-19-14/h1-7,9-10H,8H2,(H,18,19,20). The Morgan fingerprint density at radius 3 is 2.95 bits per heavy atom. The number of nitrogens with zero attached hydrogens (tertiary/aromatic N) is 5. The van der Waals surface area contributed by atoms with Crippen molar-refractivity contribution in [1.82, 2.24) is 24.5 Å². The molecular weight excluding hydrogens is 296 g/mol. The van der Waals surface area contributed by atoms with Crippen LogP contribution in [0.4, 0.5) is 5.82 Å². The molecule has 0 atom stereocenters. The molecule has 4 aromatic heterocycles. The third kappa shape index (κ3) is 2.42. The van der Waals surface area contributed by atoms with E-state index in [9.17, 15) is 0 Å². The van der Waals surface area contributed by atoms with Crippen LogP contribution in [0.25, 0.3) is 16.0 Å². The maximum absolute atomic E-state index is 4.44. The van der Waals surface area contributed by atoms with Gasteiger partial charge in [-0.05, 0) is 23.1 Å². The number of aromatic nitrogens is 5. The molecule has 0 aliphatic rings. The van der Waals surface area contributed by atoms with Crippen molar-refractivity contribution in [2.45, 2.75) is 6.54 Å². The highest BCUT2D eigenvalue weighted by Gasteiger charge is 2.04. The van der Waals surface area contributed by atoms with E-state index in [2.05, 4.69) is 25.3 Å². The van der Waals surface area contributed by atoms with Crippen LogP contribution >= 0.6 is 11.3 Å². The molecular formula is C15H12N6S. The van der Waals surface area contributed by atoms with Crippen LogP contribution in [0.15, 0.2) is 54.8 Å². The number of thiophene rings is 1. The fourth-order valence-electron chi connectivity index (χ4n) is 2.19. The lowest BCUT2D eigenvalue weighted by molar-refractivity contribution is 0.977. The first-order valence-corrected chi connectivity index (χ1v) is 7.63. The van der Waals surface area contributed by atoms with Gasteiger partial charge in [0.25, 0.3) is 0 Å². The Morgan fingerprint density at radius 2 is 2.14 bits per heavy atom. The van der Waals surface area contributed by atoms with E-state index in [1.807, 2.05) is 40.5 Å². The molecule has 0 radical (unpaired) electrons. The van der Waals surface area contributed by atoms with Gasteiger partial charge in [-0.1, -0.05) is 6.07 Å². The van der Waals surface area contributed by atoms with Gasteiger partial charge in [-0.15, -0.1) is 11.3 Å². The molecule has 7 heteroatoms. The smallest absolute Gasteiger partial charge is 0.138 e. The summed E-state index contributed by atoms with van der Waals surface area (Å²) in [7, 11) is 0. The highest BCUT2D eigenvalue weighted by Crippen LogP contribution is 2.24. The molecule has 1 N–H and O–H groups in total. The third-order valence-corrected chi connectivity index (χ3v) is 4.12. The van der Waals surface area contributed by atoms with E-state index >= 15 is 0 Å². The fourth-order valence-corrected chi connectivity index (χ4v) is 2.92. The average molecular weight is 308 g/mol. The summed E-state index contributed by atoms with van der Waals surface area (Å²) in [5.41, 5.74) is 1.09. The number of nitrogens with one attached hydrogen (secondary N) is 1. The highest BCUT2D eigenvalue weighted by molar-refractivity contribution is 7.16. The fraction of sp³-hybridized carbons (Fsp3) is 0.0667. The summed E-state index contributed by atoms with van der Waals surface area (Å²) in [6.07, 6.45) is 8.77. The highest BCUT2D eigenvalue weighted by atomic mass is 32.1. The zero-order chi connectivity index (χ0) is 14.8. The van der Waals surface area contributed by atoms with Gasteiger partial charge in [0.2, 0.25) is 0 Å². The van der Waals surface area contributed by atoms with Crippen LogP contribution in [-0.2, 0) is 6.54 Å². The molecule has 0 aliphatic carbocycles. The molecule has 0 bridgehead atoms. The van der Waals surface area contributed by atoms with E-state index < -0.39 is 0 Å². The molecule has 0 aliphatic heterocycles. The topological polar surface area (TPSA) is 68.5 Å². The van der Waals surface area contributed by atoms with Crippen molar-refractivity contribution in [3.63, 3.8) is 0 Å². The molecule has 4 heterocycles. The van der Waals surface area contributed by atoms with Gasteiger partial charge in [-0.2, -0.15) is 0 Å². The lowest BCUT2D eigenvalue weighted by Gasteiger charge is -2.07. The molecule has 0 spiro atoms. The van der Waals surface area contributed by atoms with Crippen LogP contribution in [0, 0.1) is 0 Å². The van der Waals surface area contributed by atoms with E-state index in [0.717, 1.165) is 27.4 Å². The van der Waals surface area contributed by atoms with Gasteiger partial charge in [-0.3, -0.25) is 4.57 Å². The van der Waals surface area contributed by atoms with Crippen LogP contribution in [0.5, 0.6) is 0 Å². The SMILES string of the molecule is c1cn(-c2ccc(CNc3ncnc4sccc34)cn2)cn1. The largest absolute Gasteiger partial charge is 0.365 e. The van der Waals surface area contributed by atoms with Crippen molar-refractivity contribution in [2.75, 3.05) is 5.32 Å². The number of fused-ring (bicyclic) bond motifs is 1. The first kappa shape index (κ1) is 12.9. The summed E-state index contributed by atoms with van der Waals surface area (Å²) in [5.74, 6) is 1.70. The number of hydrogen-bond acceptors (Lipinski definition) is 6. The molecule has 0 saturated heterocycles. The first-order valence-electron chi connectivity index (χ1n) is 6.75. The Bertz CT molecular complexity index is 882. The Labute approximate surface area is 130 Å². The molecule has 108 valence electrons.